The van der Waals surface area contributed by atoms with Crippen LogP contribution < -0.4 is 5.32 Å². The van der Waals surface area contributed by atoms with Gasteiger partial charge in [0.05, 0.1) is 6.26 Å². The van der Waals surface area contributed by atoms with Crippen molar-refractivity contribution < 1.29 is 4.42 Å². The molecule has 2 aliphatic carbocycles. The average Bonchev–Trinajstić information content (AvgIpc) is 3.18. The molecule has 4 unspecified atom stereocenters. The van der Waals surface area contributed by atoms with Gasteiger partial charge in [-0.25, -0.2) is 0 Å². The highest BCUT2D eigenvalue weighted by Gasteiger charge is 2.40. The molecular weight excluding hydrogens is 246 g/mol. The lowest BCUT2D eigenvalue weighted by atomic mass is 9.82. The minimum absolute atomic E-state index is 0.507. The fourth-order valence-electron chi connectivity index (χ4n) is 4.56. The topological polar surface area (TPSA) is 25.2 Å². The number of rotatable bonds is 7. The van der Waals surface area contributed by atoms with Gasteiger partial charge < -0.3 is 9.73 Å². The van der Waals surface area contributed by atoms with Gasteiger partial charge in [0, 0.05) is 18.0 Å². The van der Waals surface area contributed by atoms with Gasteiger partial charge in [-0.15, -0.1) is 0 Å². The van der Waals surface area contributed by atoms with Crippen LogP contribution in [-0.2, 0) is 6.42 Å². The third-order valence-corrected chi connectivity index (χ3v) is 5.54. The summed E-state index contributed by atoms with van der Waals surface area (Å²) >= 11 is 0. The largest absolute Gasteiger partial charge is 0.469 e. The van der Waals surface area contributed by atoms with Crippen molar-refractivity contribution in [3.63, 3.8) is 0 Å². The number of aryl methyl sites for hydroxylation is 1. The normalized spacial score (nSPS) is 30.0. The van der Waals surface area contributed by atoms with Crippen molar-refractivity contribution in [3.05, 3.63) is 23.7 Å². The van der Waals surface area contributed by atoms with Crippen molar-refractivity contribution in [2.24, 2.45) is 17.8 Å². The molecule has 4 atom stereocenters. The monoisotopic (exact) mass is 275 g/mol. The van der Waals surface area contributed by atoms with Crippen LogP contribution in [0, 0.1) is 17.8 Å². The second-order valence-electron chi connectivity index (χ2n) is 6.83. The van der Waals surface area contributed by atoms with E-state index in [0.29, 0.717) is 6.04 Å². The second kappa shape index (κ2) is 6.34. The van der Waals surface area contributed by atoms with Gasteiger partial charge in [-0.2, -0.15) is 0 Å². The second-order valence-corrected chi connectivity index (χ2v) is 6.83. The van der Waals surface area contributed by atoms with E-state index in [0.717, 1.165) is 30.7 Å². The van der Waals surface area contributed by atoms with Gasteiger partial charge in [0.15, 0.2) is 0 Å². The molecule has 2 nitrogen and oxygen atoms in total. The van der Waals surface area contributed by atoms with E-state index in [-0.39, 0.29) is 0 Å². The SMILES string of the molecule is CCCNC(CC1CC2CCC1C2)c1ccoc1CC. The third kappa shape index (κ3) is 2.81. The molecule has 2 bridgehead atoms. The van der Waals surface area contributed by atoms with Crippen LogP contribution in [0.1, 0.15) is 69.7 Å². The summed E-state index contributed by atoms with van der Waals surface area (Å²) < 4.78 is 5.66. The maximum atomic E-state index is 5.66. The molecular formula is C18H29NO. The highest BCUT2D eigenvalue weighted by Crippen LogP contribution is 2.51. The Balaban J connectivity index is 1.69. The zero-order valence-electron chi connectivity index (χ0n) is 13.0. The van der Waals surface area contributed by atoms with Crippen LogP contribution in [0.15, 0.2) is 16.7 Å². The standard InChI is InChI=1S/C18H29NO/c1-3-8-19-17(16-7-9-20-18(16)4-2)12-15-11-13-5-6-14(15)10-13/h7,9,13-15,17,19H,3-6,8,10-12H2,1-2H3. The van der Waals surface area contributed by atoms with Crippen LogP contribution in [0.5, 0.6) is 0 Å². The van der Waals surface area contributed by atoms with Crippen molar-refractivity contribution in [2.75, 3.05) is 6.54 Å². The zero-order chi connectivity index (χ0) is 13.9. The highest BCUT2D eigenvalue weighted by atomic mass is 16.3. The summed E-state index contributed by atoms with van der Waals surface area (Å²) in [4.78, 5) is 0. The molecule has 0 saturated heterocycles. The van der Waals surface area contributed by atoms with Crippen LogP contribution in [0.3, 0.4) is 0 Å². The summed E-state index contributed by atoms with van der Waals surface area (Å²) in [5.74, 6) is 4.19. The van der Waals surface area contributed by atoms with Gasteiger partial charge in [0.25, 0.3) is 0 Å². The van der Waals surface area contributed by atoms with E-state index in [2.05, 4.69) is 25.2 Å². The highest BCUT2D eigenvalue weighted by molar-refractivity contribution is 5.22. The minimum Gasteiger partial charge on any atom is -0.469 e. The summed E-state index contributed by atoms with van der Waals surface area (Å²) in [5, 5.41) is 3.77. The Labute approximate surface area is 123 Å². The Morgan fingerprint density at radius 1 is 1.30 bits per heavy atom. The lowest BCUT2D eigenvalue weighted by Crippen LogP contribution is -2.26. The molecule has 0 amide bonds. The van der Waals surface area contributed by atoms with Crippen LogP contribution in [-0.4, -0.2) is 6.54 Å². The zero-order valence-corrected chi connectivity index (χ0v) is 13.0. The molecule has 0 aromatic carbocycles. The van der Waals surface area contributed by atoms with Crippen LogP contribution in [0.25, 0.3) is 0 Å². The Morgan fingerprint density at radius 2 is 2.20 bits per heavy atom. The molecule has 2 fully saturated rings. The van der Waals surface area contributed by atoms with E-state index in [9.17, 15) is 0 Å². The molecule has 0 aliphatic heterocycles. The fraction of sp³-hybridized carbons (Fsp3) is 0.778. The van der Waals surface area contributed by atoms with Gasteiger partial charge in [-0.05, 0) is 62.5 Å². The van der Waals surface area contributed by atoms with E-state index in [1.807, 2.05) is 6.26 Å². The van der Waals surface area contributed by atoms with Gasteiger partial charge in [-0.1, -0.05) is 20.3 Å². The van der Waals surface area contributed by atoms with Crippen LogP contribution in [0.4, 0.5) is 0 Å². The van der Waals surface area contributed by atoms with E-state index in [1.54, 1.807) is 0 Å². The number of fused-ring (bicyclic) bond motifs is 2. The predicted molar refractivity (Wildman–Crippen MR) is 82.7 cm³/mol. The minimum atomic E-state index is 0.507. The Morgan fingerprint density at radius 3 is 2.85 bits per heavy atom. The van der Waals surface area contributed by atoms with Crippen molar-refractivity contribution in [1.82, 2.24) is 5.32 Å². The average molecular weight is 275 g/mol. The summed E-state index contributed by atoms with van der Waals surface area (Å²) in [7, 11) is 0. The Bertz CT molecular complexity index is 425. The van der Waals surface area contributed by atoms with Gasteiger partial charge in [0.2, 0.25) is 0 Å². The van der Waals surface area contributed by atoms with Crippen molar-refractivity contribution in [2.45, 2.75) is 64.8 Å². The molecule has 0 spiro atoms. The van der Waals surface area contributed by atoms with Crippen molar-refractivity contribution in [3.8, 4) is 0 Å². The first-order chi connectivity index (χ1) is 9.81. The first-order valence-corrected chi connectivity index (χ1v) is 8.61. The molecule has 2 saturated carbocycles. The summed E-state index contributed by atoms with van der Waals surface area (Å²) in [5.41, 5.74) is 1.42. The summed E-state index contributed by atoms with van der Waals surface area (Å²) in [6.45, 7) is 5.55. The Hall–Kier alpha value is -0.760. The molecule has 1 heterocycles. The predicted octanol–water partition coefficient (Wildman–Crippen LogP) is 4.71. The summed E-state index contributed by atoms with van der Waals surface area (Å²) in [6.07, 6.45) is 11.4. The van der Waals surface area contributed by atoms with E-state index in [1.165, 1.54) is 49.8 Å². The molecule has 1 aromatic heterocycles. The number of furan rings is 1. The van der Waals surface area contributed by atoms with E-state index >= 15 is 0 Å². The van der Waals surface area contributed by atoms with Crippen LogP contribution >= 0.6 is 0 Å². The molecule has 20 heavy (non-hydrogen) atoms. The third-order valence-electron chi connectivity index (χ3n) is 5.54. The first kappa shape index (κ1) is 14.2. The molecule has 2 heteroatoms. The van der Waals surface area contributed by atoms with Crippen molar-refractivity contribution >= 4 is 0 Å². The molecule has 2 aliphatic rings. The molecule has 0 radical (unpaired) electrons. The quantitative estimate of drug-likeness (QED) is 0.779. The first-order valence-electron chi connectivity index (χ1n) is 8.61. The van der Waals surface area contributed by atoms with Crippen LogP contribution in [0.2, 0.25) is 0 Å². The number of hydrogen-bond acceptors (Lipinski definition) is 2. The van der Waals surface area contributed by atoms with Gasteiger partial charge in [0.1, 0.15) is 5.76 Å². The molecule has 3 rings (SSSR count). The molecule has 112 valence electrons. The Kier molecular flexibility index (Phi) is 4.50. The molecule has 1 aromatic rings. The number of nitrogens with one attached hydrogen (secondary N) is 1. The number of hydrogen-bond donors (Lipinski definition) is 1. The van der Waals surface area contributed by atoms with Gasteiger partial charge in [-0.3, -0.25) is 0 Å². The lowest BCUT2D eigenvalue weighted by Gasteiger charge is -2.27. The fourth-order valence-corrected chi connectivity index (χ4v) is 4.56. The molecule has 1 N–H and O–H groups in total. The van der Waals surface area contributed by atoms with Crippen molar-refractivity contribution in [1.29, 1.82) is 0 Å². The summed E-state index contributed by atoms with van der Waals surface area (Å²) in [6, 6.07) is 2.70. The van der Waals surface area contributed by atoms with E-state index in [4.69, 9.17) is 4.42 Å². The van der Waals surface area contributed by atoms with Gasteiger partial charge >= 0.3 is 0 Å². The maximum absolute atomic E-state index is 5.66. The maximum Gasteiger partial charge on any atom is 0.108 e. The smallest absolute Gasteiger partial charge is 0.108 e. The van der Waals surface area contributed by atoms with E-state index < -0.39 is 0 Å². The lowest BCUT2D eigenvalue weighted by molar-refractivity contribution is 0.278.